The number of aldehydes is 1. The topological polar surface area (TPSA) is 120 Å². The molecule has 0 aliphatic heterocycles. The molecule has 0 aromatic heterocycles. The Kier molecular flexibility index (Phi) is 18.6. The summed E-state index contributed by atoms with van der Waals surface area (Å²) in [6.07, 6.45) is 3.25. The van der Waals surface area contributed by atoms with Gasteiger partial charge >= 0.3 is 5.97 Å². The van der Waals surface area contributed by atoms with E-state index in [0.717, 1.165) is 19.1 Å². The van der Waals surface area contributed by atoms with Crippen LogP contribution in [0.3, 0.4) is 0 Å². The monoisotopic (exact) mass is 377 g/mol. The minimum atomic E-state index is -0.880. The molecule has 0 fully saturated rings. The van der Waals surface area contributed by atoms with Crippen molar-refractivity contribution in [2.75, 3.05) is 59.4 Å². The predicted molar refractivity (Wildman–Crippen MR) is 93.1 cm³/mol. The zero-order valence-corrected chi connectivity index (χ0v) is 15.3. The Hall–Kier alpha value is -1.55. The van der Waals surface area contributed by atoms with Crippen molar-refractivity contribution in [2.45, 2.75) is 32.1 Å². The van der Waals surface area contributed by atoms with Crippen molar-refractivity contribution in [1.29, 1.82) is 0 Å². The van der Waals surface area contributed by atoms with Crippen molar-refractivity contribution in [2.24, 2.45) is 0 Å². The SMILES string of the molecule is O=CCCCCC(=O)NCCOCCOCCOCCOCCC(=O)O. The van der Waals surface area contributed by atoms with Gasteiger partial charge in [0.1, 0.15) is 6.29 Å². The second-order valence-corrected chi connectivity index (χ2v) is 5.36. The van der Waals surface area contributed by atoms with Crippen molar-refractivity contribution in [3.63, 3.8) is 0 Å². The van der Waals surface area contributed by atoms with Gasteiger partial charge in [-0.25, -0.2) is 0 Å². The number of amides is 1. The molecule has 2 N–H and O–H groups in total. The number of ether oxygens (including phenoxy) is 4. The first-order chi connectivity index (χ1) is 12.7. The summed E-state index contributed by atoms with van der Waals surface area (Å²) in [7, 11) is 0. The summed E-state index contributed by atoms with van der Waals surface area (Å²) in [6.45, 7) is 3.58. The van der Waals surface area contributed by atoms with Crippen LogP contribution in [0.1, 0.15) is 32.1 Å². The Bertz CT molecular complexity index is 365. The molecule has 0 aromatic rings. The van der Waals surface area contributed by atoms with Crippen molar-refractivity contribution in [3.8, 4) is 0 Å². The van der Waals surface area contributed by atoms with E-state index in [0.29, 0.717) is 65.6 Å². The van der Waals surface area contributed by atoms with Crippen LogP contribution in [-0.2, 0) is 33.3 Å². The van der Waals surface area contributed by atoms with Gasteiger partial charge in [0.05, 0.1) is 59.3 Å². The van der Waals surface area contributed by atoms with Crippen LogP contribution in [0.4, 0.5) is 0 Å². The summed E-state index contributed by atoms with van der Waals surface area (Å²) in [5.74, 6) is -0.908. The smallest absolute Gasteiger partial charge is 0.305 e. The standard InChI is InChI=1S/C17H31NO8/c19-7-3-1-2-4-16(20)18-6-9-24-11-13-26-15-14-25-12-10-23-8-5-17(21)22/h7H,1-6,8-15H2,(H,18,20)(H,21,22). The molecule has 0 unspecified atom stereocenters. The van der Waals surface area contributed by atoms with Crippen LogP contribution in [0, 0.1) is 0 Å². The molecule has 9 heteroatoms. The molecular formula is C17H31NO8. The van der Waals surface area contributed by atoms with E-state index in [4.69, 9.17) is 24.1 Å². The maximum atomic E-state index is 11.4. The molecule has 26 heavy (non-hydrogen) atoms. The van der Waals surface area contributed by atoms with E-state index < -0.39 is 5.97 Å². The van der Waals surface area contributed by atoms with Crippen molar-refractivity contribution in [3.05, 3.63) is 0 Å². The van der Waals surface area contributed by atoms with Gasteiger partial charge in [0, 0.05) is 19.4 Å². The van der Waals surface area contributed by atoms with E-state index in [1.54, 1.807) is 0 Å². The van der Waals surface area contributed by atoms with Crippen LogP contribution in [0.2, 0.25) is 0 Å². The molecule has 0 aliphatic carbocycles. The predicted octanol–water partition coefficient (Wildman–Crippen LogP) is 0.403. The molecule has 152 valence electrons. The first kappa shape index (κ1) is 24.5. The van der Waals surface area contributed by atoms with Crippen LogP contribution in [0.25, 0.3) is 0 Å². The van der Waals surface area contributed by atoms with Gasteiger partial charge in [0.15, 0.2) is 0 Å². The van der Waals surface area contributed by atoms with Crippen molar-refractivity contribution in [1.82, 2.24) is 5.32 Å². The number of rotatable bonds is 20. The fourth-order valence-electron chi connectivity index (χ4n) is 1.79. The lowest BCUT2D eigenvalue weighted by Gasteiger charge is -2.08. The molecule has 0 saturated heterocycles. The van der Waals surface area contributed by atoms with Crippen LogP contribution in [0.5, 0.6) is 0 Å². The summed E-state index contributed by atoms with van der Waals surface area (Å²) in [5.41, 5.74) is 0. The molecule has 0 radical (unpaired) electrons. The van der Waals surface area contributed by atoms with E-state index in [1.165, 1.54) is 0 Å². The number of carboxylic acids is 1. The van der Waals surface area contributed by atoms with E-state index in [1.807, 2.05) is 0 Å². The third kappa shape index (κ3) is 20.5. The third-order valence-electron chi connectivity index (χ3n) is 3.12. The first-order valence-electron chi connectivity index (χ1n) is 8.90. The number of nitrogens with one attached hydrogen (secondary N) is 1. The van der Waals surface area contributed by atoms with Crippen LogP contribution < -0.4 is 5.32 Å². The fraction of sp³-hybridized carbons (Fsp3) is 0.824. The van der Waals surface area contributed by atoms with Gasteiger partial charge < -0.3 is 34.2 Å². The highest BCUT2D eigenvalue weighted by Gasteiger charge is 2.00. The highest BCUT2D eigenvalue weighted by Crippen LogP contribution is 1.97. The van der Waals surface area contributed by atoms with E-state index in [9.17, 15) is 14.4 Å². The summed E-state index contributed by atoms with van der Waals surface area (Å²) >= 11 is 0. The largest absolute Gasteiger partial charge is 0.481 e. The maximum Gasteiger partial charge on any atom is 0.305 e. The Morgan fingerprint density at radius 3 is 1.85 bits per heavy atom. The fourth-order valence-corrected chi connectivity index (χ4v) is 1.79. The molecule has 0 atom stereocenters. The zero-order chi connectivity index (χ0) is 19.3. The third-order valence-corrected chi connectivity index (χ3v) is 3.12. The molecule has 0 heterocycles. The van der Waals surface area contributed by atoms with Crippen LogP contribution in [0.15, 0.2) is 0 Å². The van der Waals surface area contributed by atoms with Gasteiger partial charge in [-0.15, -0.1) is 0 Å². The van der Waals surface area contributed by atoms with Gasteiger partial charge in [0.25, 0.3) is 0 Å². The molecule has 0 spiro atoms. The number of hydrogen-bond donors (Lipinski definition) is 2. The molecule has 0 rings (SSSR count). The zero-order valence-electron chi connectivity index (χ0n) is 15.3. The summed E-state index contributed by atoms with van der Waals surface area (Å²) in [6, 6.07) is 0. The van der Waals surface area contributed by atoms with Crippen LogP contribution in [-0.4, -0.2) is 82.7 Å². The minimum Gasteiger partial charge on any atom is -0.481 e. The summed E-state index contributed by atoms with van der Waals surface area (Å²) in [4.78, 5) is 31.8. The van der Waals surface area contributed by atoms with E-state index in [-0.39, 0.29) is 18.9 Å². The normalized spacial score (nSPS) is 10.6. The van der Waals surface area contributed by atoms with E-state index >= 15 is 0 Å². The first-order valence-corrected chi connectivity index (χ1v) is 8.90. The number of hydrogen-bond acceptors (Lipinski definition) is 7. The number of carboxylic acid groups (broad SMARTS) is 1. The highest BCUT2D eigenvalue weighted by molar-refractivity contribution is 5.75. The lowest BCUT2D eigenvalue weighted by molar-refractivity contribution is -0.138. The molecule has 1 amide bonds. The lowest BCUT2D eigenvalue weighted by Crippen LogP contribution is -2.27. The average molecular weight is 377 g/mol. The van der Waals surface area contributed by atoms with Crippen molar-refractivity contribution < 1.29 is 38.4 Å². The molecule has 9 nitrogen and oxygen atoms in total. The van der Waals surface area contributed by atoms with Crippen LogP contribution >= 0.6 is 0 Å². The van der Waals surface area contributed by atoms with Gasteiger partial charge in [-0.2, -0.15) is 0 Å². The average Bonchev–Trinajstić information content (AvgIpc) is 2.61. The van der Waals surface area contributed by atoms with Gasteiger partial charge in [0.2, 0.25) is 5.91 Å². The number of aliphatic carboxylic acids is 1. The van der Waals surface area contributed by atoms with E-state index in [2.05, 4.69) is 5.32 Å². The Labute approximate surface area is 154 Å². The maximum absolute atomic E-state index is 11.4. The van der Waals surface area contributed by atoms with Gasteiger partial charge in [-0.05, 0) is 12.8 Å². The molecule has 0 aliphatic rings. The lowest BCUT2D eigenvalue weighted by atomic mass is 10.2. The summed E-state index contributed by atoms with van der Waals surface area (Å²) in [5, 5.41) is 11.2. The highest BCUT2D eigenvalue weighted by atomic mass is 16.6. The second kappa shape index (κ2) is 19.8. The number of unbranched alkanes of at least 4 members (excludes halogenated alkanes) is 2. The Balaban J connectivity index is 3.12. The van der Waals surface area contributed by atoms with Gasteiger partial charge in [-0.3, -0.25) is 9.59 Å². The summed E-state index contributed by atoms with van der Waals surface area (Å²) < 4.78 is 21.0. The molecular weight excluding hydrogens is 346 g/mol. The second-order valence-electron chi connectivity index (χ2n) is 5.36. The molecule has 0 saturated carbocycles. The number of carbonyl (C=O) groups excluding carboxylic acids is 2. The molecule has 0 aromatic carbocycles. The van der Waals surface area contributed by atoms with Gasteiger partial charge in [-0.1, -0.05) is 0 Å². The molecule has 0 bridgehead atoms. The Morgan fingerprint density at radius 2 is 1.31 bits per heavy atom. The number of carbonyl (C=O) groups is 3. The minimum absolute atomic E-state index is 0.00576. The quantitative estimate of drug-likeness (QED) is 0.231. The Morgan fingerprint density at radius 1 is 0.769 bits per heavy atom. The van der Waals surface area contributed by atoms with Crippen molar-refractivity contribution >= 4 is 18.2 Å².